The van der Waals surface area contributed by atoms with Gasteiger partial charge in [0.15, 0.2) is 11.9 Å². The summed E-state index contributed by atoms with van der Waals surface area (Å²) >= 11 is 0. The van der Waals surface area contributed by atoms with Gasteiger partial charge in [-0.25, -0.2) is 9.78 Å². The number of fused-ring (bicyclic) bond motifs is 1. The molecule has 2 heterocycles. The number of para-hydroxylation sites is 1. The van der Waals surface area contributed by atoms with Crippen LogP contribution >= 0.6 is 0 Å². The van der Waals surface area contributed by atoms with Gasteiger partial charge in [0.05, 0.1) is 10.9 Å². The van der Waals surface area contributed by atoms with Crippen LogP contribution in [0.3, 0.4) is 0 Å². The van der Waals surface area contributed by atoms with Crippen LogP contribution in [-0.2, 0) is 14.3 Å². The molecule has 9 heteroatoms. The number of esters is 1. The molecule has 2 aromatic rings. The molecule has 1 aliphatic carbocycles. The van der Waals surface area contributed by atoms with Crippen molar-refractivity contribution < 1.29 is 19.1 Å². The highest BCUT2D eigenvalue weighted by atomic mass is 16.5. The molecule has 0 unspecified atom stereocenters. The SMILES string of the molecule is C[C@H](OC(=O)CN1C(=O)N[C@@]2(CCCC[C@H]2C)C1=O)c1nc2ccccc2c(=O)[nH]1. The fourth-order valence-corrected chi connectivity index (χ4v) is 4.36. The smallest absolute Gasteiger partial charge is 0.326 e. The average molecular weight is 412 g/mol. The fraction of sp³-hybridized carbons (Fsp3) is 0.476. The maximum Gasteiger partial charge on any atom is 0.326 e. The molecule has 4 rings (SSSR count). The number of carbonyl (C=O) groups excluding carboxylic acids is 3. The lowest BCUT2D eigenvalue weighted by atomic mass is 9.73. The first-order valence-electron chi connectivity index (χ1n) is 10.1. The lowest BCUT2D eigenvalue weighted by Gasteiger charge is -2.36. The first-order chi connectivity index (χ1) is 14.3. The molecule has 3 amide bonds. The highest BCUT2D eigenvalue weighted by molar-refractivity contribution is 6.09. The van der Waals surface area contributed by atoms with E-state index in [0.717, 1.165) is 24.2 Å². The quantitative estimate of drug-likeness (QED) is 0.585. The summed E-state index contributed by atoms with van der Waals surface area (Å²) in [6.07, 6.45) is 2.44. The van der Waals surface area contributed by atoms with Gasteiger partial charge in [0.1, 0.15) is 12.1 Å². The van der Waals surface area contributed by atoms with Gasteiger partial charge in [0.2, 0.25) is 0 Å². The normalized spacial score (nSPS) is 24.9. The molecule has 158 valence electrons. The Morgan fingerprint density at radius 3 is 2.83 bits per heavy atom. The number of aromatic nitrogens is 2. The second kappa shape index (κ2) is 7.55. The van der Waals surface area contributed by atoms with Crippen molar-refractivity contribution in [2.24, 2.45) is 5.92 Å². The van der Waals surface area contributed by atoms with E-state index >= 15 is 0 Å². The van der Waals surface area contributed by atoms with Gasteiger partial charge in [-0.15, -0.1) is 0 Å². The first-order valence-corrected chi connectivity index (χ1v) is 10.1. The summed E-state index contributed by atoms with van der Waals surface area (Å²) < 4.78 is 5.36. The third-order valence-electron chi connectivity index (χ3n) is 6.11. The predicted molar refractivity (Wildman–Crippen MR) is 107 cm³/mol. The molecule has 1 saturated carbocycles. The van der Waals surface area contributed by atoms with Gasteiger partial charge in [0, 0.05) is 0 Å². The molecule has 30 heavy (non-hydrogen) atoms. The van der Waals surface area contributed by atoms with Crippen molar-refractivity contribution in [3.63, 3.8) is 0 Å². The van der Waals surface area contributed by atoms with Crippen LogP contribution in [0.4, 0.5) is 4.79 Å². The lowest BCUT2D eigenvalue weighted by molar-refractivity contribution is -0.152. The Hall–Kier alpha value is -3.23. The van der Waals surface area contributed by atoms with E-state index in [2.05, 4.69) is 15.3 Å². The summed E-state index contributed by atoms with van der Waals surface area (Å²) in [6, 6.07) is 6.27. The summed E-state index contributed by atoms with van der Waals surface area (Å²) in [7, 11) is 0. The van der Waals surface area contributed by atoms with Gasteiger partial charge in [-0.2, -0.15) is 0 Å². The topological polar surface area (TPSA) is 121 Å². The summed E-state index contributed by atoms with van der Waals surface area (Å²) in [6.45, 7) is 3.03. The van der Waals surface area contributed by atoms with Gasteiger partial charge >= 0.3 is 12.0 Å². The molecule has 1 spiro atoms. The van der Waals surface area contributed by atoms with E-state index in [1.54, 1.807) is 31.2 Å². The largest absolute Gasteiger partial charge is 0.453 e. The van der Waals surface area contributed by atoms with Gasteiger partial charge in [-0.1, -0.05) is 31.9 Å². The van der Waals surface area contributed by atoms with Crippen molar-refractivity contribution in [3.05, 3.63) is 40.4 Å². The third-order valence-corrected chi connectivity index (χ3v) is 6.11. The second-order valence-electron chi connectivity index (χ2n) is 8.04. The van der Waals surface area contributed by atoms with Gasteiger partial charge < -0.3 is 15.0 Å². The zero-order valence-electron chi connectivity index (χ0n) is 16.9. The molecule has 1 saturated heterocycles. The summed E-state index contributed by atoms with van der Waals surface area (Å²) in [5, 5.41) is 3.24. The lowest BCUT2D eigenvalue weighted by Crippen LogP contribution is -2.54. The maximum atomic E-state index is 13.0. The van der Waals surface area contributed by atoms with Crippen molar-refractivity contribution in [2.75, 3.05) is 6.54 Å². The monoisotopic (exact) mass is 412 g/mol. The fourth-order valence-electron chi connectivity index (χ4n) is 4.36. The molecule has 3 atom stereocenters. The number of hydrogen-bond acceptors (Lipinski definition) is 6. The molecule has 1 aliphatic heterocycles. The molecule has 2 aliphatic rings. The number of H-pyrrole nitrogens is 1. The minimum Gasteiger partial charge on any atom is -0.453 e. The molecular formula is C21H24N4O5. The number of hydrogen-bond donors (Lipinski definition) is 2. The number of aromatic amines is 1. The Bertz CT molecular complexity index is 1080. The number of carbonyl (C=O) groups is 3. The van der Waals surface area contributed by atoms with Gasteiger partial charge in [0.25, 0.3) is 11.5 Å². The van der Waals surface area contributed by atoms with E-state index in [-0.39, 0.29) is 23.2 Å². The molecule has 9 nitrogen and oxygen atoms in total. The number of urea groups is 1. The van der Waals surface area contributed by atoms with Crippen molar-refractivity contribution in [3.8, 4) is 0 Å². The minimum absolute atomic E-state index is 0.00881. The summed E-state index contributed by atoms with van der Waals surface area (Å²) in [5.74, 6) is -0.917. The van der Waals surface area contributed by atoms with E-state index < -0.39 is 30.2 Å². The van der Waals surface area contributed by atoms with Crippen LogP contribution in [-0.4, -0.2) is 44.9 Å². The molecule has 1 aromatic carbocycles. The van der Waals surface area contributed by atoms with Crippen LogP contribution in [0, 0.1) is 5.92 Å². The Kier molecular flexibility index (Phi) is 5.05. The molecule has 0 radical (unpaired) electrons. The van der Waals surface area contributed by atoms with Gasteiger partial charge in [-0.3, -0.25) is 19.3 Å². The zero-order chi connectivity index (χ0) is 21.5. The van der Waals surface area contributed by atoms with E-state index in [0.29, 0.717) is 17.3 Å². The number of rotatable bonds is 4. The van der Waals surface area contributed by atoms with Crippen molar-refractivity contribution in [2.45, 2.75) is 51.2 Å². The van der Waals surface area contributed by atoms with Crippen LogP contribution < -0.4 is 10.9 Å². The highest BCUT2D eigenvalue weighted by Gasteiger charge is 2.55. The third kappa shape index (κ3) is 3.34. The predicted octanol–water partition coefficient (Wildman–Crippen LogP) is 2.03. The van der Waals surface area contributed by atoms with E-state index in [1.165, 1.54) is 0 Å². The highest BCUT2D eigenvalue weighted by Crippen LogP contribution is 2.38. The van der Waals surface area contributed by atoms with Crippen molar-refractivity contribution in [1.29, 1.82) is 0 Å². The molecule has 2 fully saturated rings. The Morgan fingerprint density at radius 2 is 2.07 bits per heavy atom. The first kappa shape index (κ1) is 20.1. The Labute approximate surface area is 172 Å². The number of nitrogens with one attached hydrogen (secondary N) is 2. The van der Waals surface area contributed by atoms with Crippen molar-refractivity contribution in [1.82, 2.24) is 20.2 Å². The van der Waals surface area contributed by atoms with Crippen LogP contribution in [0.2, 0.25) is 0 Å². The number of nitrogens with zero attached hydrogens (tertiary/aromatic N) is 2. The molecular weight excluding hydrogens is 388 g/mol. The van der Waals surface area contributed by atoms with Gasteiger partial charge in [-0.05, 0) is 37.8 Å². The van der Waals surface area contributed by atoms with E-state index in [9.17, 15) is 19.2 Å². The second-order valence-corrected chi connectivity index (χ2v) is 8.04. The number of ether oxygens (including phenoxy) is 1. The van der Waals surface area contributed by atoms with E-state index in [1.807, 2.05) is 6.92 Å². The number of amides is 3. The Balaban J connectivity index is 1.46. The molecule has 2 N–H and O–H groups in total. The maximum absolute atomic E-state index is 13.0. The van der Waals surface area contributed by atoms with Crippen LogP contribution in [0.1, 0.15) is 51.5 Å². The average Bonchev–Trinajstić information content (AvgIpc) is 2.95. The van der Waals surface area contributed by atoms with Crippen LogP contribution in [0.25, 0.3) is 10.9 Å². The zero-order valence-corrected chi connectivity index (χ0v) is 16.9. The number of imide groups is 1. The van der Waals surface area contributed by atoms with Crippen LogP contribution in [0.5, 0.6) is 0 Å². The van der Waals surface area contributed by atoms with Crippen molar-refractivity contribution >= 4 is 28.8 Å². The number of benzene rings is 1. The summed E-state index contributed by atoms with van der Waals surface area (Å²) in [4.78, 5) is 57.9. The standard InChI is InChI=1S/C21H24N4O5/c1-12-7-5-6-10-21(12)19(28)25(20(29)24-21)11-16(26)30-13(2)17-22-15-9-4-3-8-14(15)18(27)23-17/h3-4,8-9,12-13H,5-7,10-11H2,1-2H3,(H,24,29)(H,22,23,27)/t12-,13+,21-/m1/s1. The molecule has 1 aromatic heterocycles. The molecule has 0 bridgehead atoms. The Morgan fingerprint density at radius 1 is 1.30 bits per heavy atom. The summed E-state index contributed by atoms with van der Waals surface area (Å²) in [5.41, 5.74) is -0.769. The van der Waals surface area contributed by atoms with Crippen LogP contribution in [0.15, 0.2) is 29.1 Å². The van der Waals surface area contributed by atoms with E-state index in [4.69, 9.17) is 4.74 Å². The minimum atomic E-state index is -0.924.